The first-order valence-corrected chi connectivity index (χ1v) is 7.52. The van der Waals surface area contributed by atoms with E-state index < -0.39 is 0 Å². The number of carbonyl (C=O) groups excluding carboxylic acids is 2. The zero-order valence-electron chi connectivity index (χ0n) is 12.4. The van der Waals surface area contributed by atoms with Crippen LogP contribution in [0.3, 0.4) is 0 Å². The van der Waals surface area contributed by atoms with Gasteiger partial charge in [-0.15, -0.1) is 0 Å². The molecule has 0 radical (unpaired) electrons. The summed E-state index contributed by atoms with van der Waals surface area (Å²) in [6, 6.07) is 6.67. The van der Waals surface area contributed by atoms with Gasteiger partial charge in [-0.25, -0.2) is 4.79 Å². The molecule has 2 rings (SSSR count). The first-order chi connectivity index (χ1) is 10.2. The molecule has 1 aromatic carbocycles. The third kappa shape index (κ3) is 4.56. The molecule has 0 spiro atoms. The number of piperidine rings is 1. The highest BCUT2D eigenvalue weighted by Crippen LogP contribution is 2.13. The van der Waals surface area contributed by atoms with Gasteiger partial charge in [0.25, 0.3) is 0 Å². The highest BCUT2D eigenvalue weighted by atomic mass is 16.5. The van der Waals surface area contributed by atoms with Crippen LogP contribution >= 0.6 is 0 Å². The molecule has 0 aliphatic carbocycles. The lowest BCUT2D eigenvalue weighted by Gasteiger charge is -2.22. The van der Waals surface area contributed by atoms with Gasteiger partial charge in [-0.3, -0.25) is 4.79 Å². The summed E-state index contributed by atoms with van der Waals surface area (Å²) in [5, 5.41) is 6.07. The topological polar surface area (TPSA) is 67.4 Å². The number of carbonyl (C=O) groups is 2. The quantitative estimate of drug-likeness (QED) is 0.817. The molecular weight excluding hydrogens is 268 g/mol. The van der Waals surface area contributed by atoms with E-state index in [2.05, 4.69) is 10.6 Å². The van der Waals surface area contributed by atoms with Crippen LogP contribution in [-0.4, -0.2) is 31.1 Å². The van der Waals surface area contributed by atoms with Gasteiger partial charge in [0.1, 0.15) is 0 Å². The molecule has 1 heterocycles. The fraction of sp³-hybridized carbons (Fsp3) is 0.500. The summed E-state index contributed by atoms with van der Waals surface area (Å²) in [4.78, 5) is 23.7. The van der Waals surface area contributed by atoms with E-state index in [1.54, 1.807) is 24.3 Å². The third-order valence-electron chi connectivity index (χ3n) is 3.45. The Morgan fingerprint density at radius 2 is 2.05 bits per heavy atom. The maximum atomic E-state index is 12.1. The van der Waals surface area contributed by atoms with Crippen LogP contribution in [0.1, 0.15) is 43.0 Å². The molecule has 2 N–H and O–H groups in total. The van der Waals surface area contributed by atoms with Gasteiger partial charge in [-0.1, -0.05) is 13.3 Å². The minimum absolute atomic E-state index is 0.0176. The number of ether oxygens (including phenoxy) is 1. The van der Waals surface area contributed by atoms with E-state index in [9.17, 15) is 9.59 Å². The summed E-state index contributed by atoms with van der Waals surface area (Å²) in [6.45, 7) is 3.26. The van der Waals surface area contributed by atoms with Crippen molar-refractivity contribution in [2.75, 3.05) is 18.5 Å². The van der Waals surface area contributed by atoms with Crippen molar-refractivity contribution in [3.8, 4) is 0 Å². The van der Waals surface area contributed by atoms with Crippen molar-refractivity contribution in [3.63, 3.8) is 0 Å². The lowest BCUT2D eigenvalue weighted by atomic mass is 10.0. The van der Waals surface area contributed by atoms with Crippen LogP contribution in [0.4, 0.5) is 5.69 Å². The van der Waals surface area contributed by atoms with E-state index >= 15 is 0 Å². The summed E-state index contributed by atoms with van der Waals surface area (Å²) < 4.78 is 5.06. The predicted molar refractivity (Wildman–Crippen MR) is 81.3 cm³/mol. The summed E-state index contributed by atoms with van der Waals surface area (Å²) in [5.74, 6) is -0.348. The number of hydrogen-bond donors (Lipinski definition) is 2. The fourth-order valence-corrected chi connectivity index (χ4v) is 2.27. The van der Waals surface area contributed by atoms with Crippen molar-refractivity contribution in [3.05, 3.63) is 29.8 Å². The molecule has 0 unspecified atom stereocenters. The van der Waals surface area contributed by atoms with Crippen molar-refractivity contribution in [2.24, 2.45) is 0 Å². The van der Waals surface area contributed by atoms with E-state index in [0.717, 1.165) is 32.2 Å². The molecule has 21 heavy (non-hydrogen) atoms. The minimum atomic E-state index is -0.330. The number of esters is 1. The lowest BCUT2D eigenvalue weighted by Crippen LogP contribution is -2.43. The fourth-order valence-electron chi connectivity index (χ4n) is 2.27. The second-order valence-electron chi connectivity index (χ2n) is 5.21. The molecule has 114 valence electrons. The van der Waals surface area contributed by atoms with Gasteiger partial charge in [-0.05, 0) is 50.1 Å². The first kappa shape index (κ1) is 15.5. The minimum Gasteiger partial charge on any atom is -0.462 e. The SMILES string of the molecule is CCCOC(=O)c1ccc(NC(=O)[C@H]2CCCCN2)cc1. The summed E-state index contributed by atoms with van der Waals surface area (Å²) in [7, 11) is 0. The number of anilines is 1. The maximum absolute atomic E-state index is 12.1. The largest absolute Gasteiger partial charge is 0.462 e. The van der Waals surface area contributed by atoms with Crippen LogP contribution in [0, 0.1) is 0 Å². The Morgan fingerprint density at radius 1 is 1.29 bits per heavy atom. The van der Waals surface area contributed by atoms with Gasteiger partial charge in [0, 0.05) is 5.69 Å². The second kappa shape index (κ2) is 7.78. The number of rotatable bonds is 5. The Bertz CT molecular complexity index is 479. The summed E-state index contributed by atoms with van der Waals surface area (Å²) >= 11 is 0. The van der Waals surface area contributed by atoms with Gasteiger partial charge in [0.05, 0.1) is 18.2 Å². The summed E-state index contributed by atoms with van der Waals surface area (Å²) in [5.41, 5.74) is 1.19. The zero-order chi connectivity index (χ0) is 15.1. The third-order valence-corrected chi connectivity index (χ3v) is 3.45. The molecule has 0 aromatic heterocycles. The average Bonchev–Trinajstić information content (AvgIpc) is 2.54. The van der Waals surface area contributed by atoms with Crippen LogP contribution in [0.15, 0.2) is 24.3 Å². The first-order valence-electron chi connectivity index (χ1n) is 7.52. The van der Waals surface area contributed by atoms with Crippen LogP contribution in [0.2, 0.25) is 0 Å². The molecule has 0 bridgehead atoms. The number of nitrogens with one attached hydrogen (secondary N) is 2. The number of amides is 1. The molecule has 5 heteroatoms. The van der Waals surface area contributed by atoms with Crippen molar-refractivity contribution in [2.45, 2.75) is 38.6 Å². The molecule has 1 amide bonds. The monoisotopic (exact) mass is 290 g/mol. The van der Waals surface area contributed by atoms with Gasteiger partial charge < -0.3 is 15.4 Å². The smallest absolute Gasteiger partial charge is 0.338 e. The van der Waals surface area contributed by atoms with Gasteiger partial charge in [-0.2, -0.15) is 0 Å². The van der Waals surface area contributed by atoms with Gasteiger partial charge >= 0.3 is 5.97 Å². The Hall–Kier alpha value is -1.88. The molecule has 1 atom stereocenters. The number of hydrogen-bond acceptors (Lipinski definition) is 4. The van der Waals surface area contributed by atoms with Gasteiger partial charge in [0.2, 0.25) is 5.91 Å². The van der Waals surface area contributed by atoms with Crippen molar-refractivity contribution >= 4 is 17.6 Å². The Morgan fingerprint density at radius 3 is 2.67 bits per heavy atom. The van der Waals surface area contributed by atoms with Crippen LogP contribution in [0.5, 0.6) is 0 Å². The van der Waals surface area contributed by atoms with E-state index in [-0.39, 0.29) is 17.9 Å². The highest BCUT2D eigenvalue weighted by Gasteiger charge is 2.20. The van der Waals surface area contributed by atoms with Crippen molar-refractivity contribution in [1.82, 2.24) is 5.32 Å². The Kier molecular flexibility index (Phi) is 5.75. The van der Waals surface area contributed by atoms with E-state index in [1.807, 2.05) is 6.92 Å². The number of benzene rings is 1. The second-order valence-corrected chi connectivity index (χ2v) is 5.21. The average molecular weight is 290 g/mol. The molecule has 1 fully saturated rings. The molecule has 1 aromatic rings. The Balaban J connectivity index is 1.89. The van der Waals surface area contributed by atoms with Gasteiger partial charge in [0.15, 0.2) is 0 Å². The van der Waals surface area contributed by atoms with Crippen molar-refractivity contribution < 1.29 is 14.3 Å². The Labute approximate surface area is 125 Å². The molecule has 1 saturated heterocycles. The summed E-state index contributed by atoms with van der Waals surface area (Å²) in [6.07, 6.45) is 3.87. The highest BCUT2D eigenvalue weighted by molar-refractivity contribution is 5.95. The predicted octanol–water partition coefficient (Wildman–Crippen LogP) is 2.33. The van der Waals surface area contributed by atoms with Crippen molar-refractivity contribution in [1.29, 1.82) is 0 Å². The molecule has 5 nitrogen and oxygen atoms in total. The van der Waals surface area contributed by atoms with Crippen LogP contribution in [-0.2, 0) is 9.53 Å². The molecule has 1 aliphatic heterocycles. The molecular formula is C16H22N2O3. The molecule has 0 saturated carbocycles. The normalized spacial score (nSPS) is 18.0. The van der Waals surface area contributed by atoms with Crippen LogP contribution < -0.4 is 10.6 Å². The molecule has 1 aliphatic rings. The zero-order valence-corrected chi connectivity index (χ0v) is 12.4. The maximum Gasteiger partial charge on any atom is 0.338 e. The standard InChI is InChI=1S/C16H22N2O3/c1-2-11-21-16(20)12-6-8-13(9-7-12)18-15(19)14-5-3-4-10-17-14/h6-9,14,17H,2-5,10-11H2,1H3,(H,18,19)/t14-/m1/s1. The van der Waals surface area contributed by atoms with Crippen LogP contribution in [0.25, 0.3) is 0 Å². The van der Waals surface area contributed by atoms with E-state index in [4.69, 9.17) is 4.74 Å². The lowest BCUT2D eigenvalue weighted by molar-refractivity contribution is -0.118. The van der Waals surface area contributed by atoms with E-state index in [1.165, 1.54) is 0 Å². The van der Waals surface area contributed by atoms with E-state index in [0.29, 0.717) is 17.9 Å².